The van der Waals surface area contributed by atoms with Gasteiger partial charge in [-0.25, -0.2) is 0 Å². The average molecular weight is 176 g/mol. The van der Waals surface area contributed by atoms with Crippen molar-refractivity contribution in [3.63, 3.8) is 0 Å². The Balaban J connectivity index is 2.35. The van der Waals surface area contributed by atoms with Crippen LogP contribution >= 0.6 is 0 Å². The summed E-state index contributed by atoms with van der Waals surface area (Å²) in [5, 5.41) is 6.95. The topological polar surface area (TPSA) is 24.1 Å². The molecule has 13 heavy (non-hydrogen) atoms. The van der Waals surface area contributed by atoms with E-state index in [9.17, 15) is 0 Å². The fraction of sp³-hybridized carbons (Fsp3) is 0.455. The Morgan fingerprint density at radius 1 is 1.38 bits per heavy atom. The van der Waals surface area contributed by atoms with Crippen LogP contribution in [-0.4, -0.2) is 12.6 Å². The number of para-hydroxylation sites is 1. The molecule has 0 bridgehead atoms. The monoisotopic (exact) mass is 176 g/mol. The third kappa shape index (κ3) is 1.68. The van der Waals surface area contributed by atoms with Gasteiger partial charge in [0.15, 0.2) is 0 Å². The molecule has 0 radical (unpaired) electrons. The van der Waals surface area contributed by atoms with Gasteiger partial charge in [0.05, 0.1) is 0 Å². The Morgan fingerprint density at radius 2 is 2.23 bits per heavy atom. The number of benzene rings is 1. The second kappa shape index (κ2) is 3.38. The number of aryl methyl sites for hydroxylation is 1. The van der Waals surface area contributed by atoms with E-state index in [1.807, 2.05) is 0 Å². The smallest absolute Gasteiger partial charge is 0.0416 e. The van der Waals surface area contributed by atoms with Gasteiger partial charge in [0, 0.05) is 24.8 Å². The molecule has 0 fully saturated rings. The highest BCUT2D eigenvalue weighted by molar-refractivity contribution is 5.57. The highest BCUT2D eigenvalue weighted by Crippen LogP contribution is 2.21. The summed E-state index contributed by atoms with van der Waals surface area (Å²) < 4.78 is 0. The number of hydrogen-bond donors (Lipinski definition) is 2. The molecule has 1 aromatic rings. The minimum absolute atomic E-state index is 0.548. The number of fused-ring (bicyclic) bond motifs is 1. The van der Waals surface area contributed by atoms with Gasteiger partial charge in [-0.15, -0.1) is 0 Å². The van der Waals surface area contributed by atoms with Crippen molar-refractivity contribution in [1.29, 1.82) is 0 Å². The zero-order chi connectivity index (χ0) is 9.26. The summed E-state index contributed by atoms with van der Waals surface area (Å²) >= 11 is 0. The van der Waals surface area contributed by atoms with Gasteiger partial charge in [-0.2, -0.15) is 0 Å². The van der Waals surface area contributed by atoms with Crippen molar-refractivity contribution < 1.29 is 0 Å². The standard InChI is InChI=1S/C11H16N2/c1-8-4-3-5-10-7-12-9(2)6-13-11(8)10/h3-5,9,12-13H,6-7H2,1-2H3. The van der Waals surface area contributed by atoms with Crippen LogP contribution < -0.4 is 10.6 Å². The molecule has 1 aliphatic rings. The molecule has 2 heteroatoms. The molecule has 0 saturated heterocycles. The molecule has 0 saturated carbocycles. The summed E-state index contributed by atoms with van der Waals surface area (Å²) in [6.45, 7) is 6.35. The van der Waals surface area contributed by atoms with Gasteiger partial charge < -0.3 is 10.6 Å². The predicted molar refractivity (Wildman–Crippen MR) is 56.0 cm³/mol. The Bertz CT molecular complexity index is 307. The van der Waals surface area contributed by atoms with Crippen molar-refractivity contribution in [2.75, 3.05) is 11.9 Å². The van der Waals surface area contributed by atoms with Crippen LogP contribution in [0.2, 0.25) is 0 Å². The van der Waals surface area contributed by atoms with Crippen molar-refractivity contribution in [3.05, 3.63) is 29.3 Å². The largest absolute Gasteiger partial charge is 0.383 e. The van der Waals surface area contributed by atoms with E-state index in [1.165, 1.54) is 16.8 Å². The summed E-state index contributed by atoms with van der Waals surface area (Å²) in [5.41, 5.74) is 4.04. The molecule has 0 aromatic heterocycles. The SMILES string of the molecule is Cc1cccc2c1NCC(C)NC2. The van der Waals surface area contributed by atoms with E-state index in [4.69, 9.17) is 0 Å². The fourth-order valence-corrected chi connectivity index (χ4v) is 1.74. The van der Waals surface area contributed by atoms with Crippen LogP contribution in [0.4, 0.5) is 5.69 Å². The van der Waals surface area contributed by atoms with E-state index < -0.39 is 0 Å². The van der Waals surface area contributed by atoms with Gasteiger partial charge in [0.25, 0.3) is 0 Å². The quantitative estimate of drug-likeness (QED) is 0.631. The van der Waals surface area contributed by atoms with Crippen LogP contribution in [0.5, 0.6) is 0 Å². The fourth-order valence-electron chi connectivity index (χ4n) is 1.74. The third-order valence-corrected chi connectivity index (χ3v) is 2.59. The highest BCUT2D eigenvalue weighted by atomic mass is 15.0. The van der Waals surface area contributed by atoms with Gasteiger partial charge >= 0.3 is 0 Å². The van der Waals surface area contributed by atoms with Gasteiger partial charge in [-0.1, -0.05) is 18.2 Å². The number of anilines is 1. The van der Waals surface area contributed by atoms with Crippen LogP contribution in [0, 0.1) is 6.92 Å². The van der Waals surface area contributed by atoms with Crippen molar-refractivity contribution in [2.24, 2.45) is 0 Å². The lowest BCUT2D eigenvalue weighted by Crippen LogP contribution is -2.29. The van der Waals surface area contributed by atoms with E-state index in [2.05, 4.69) is 42.7 Å². The molecular weight excluding hydrogens is 160 g/mol. The maximum absolute atomic E-state index is 3.48. The number of hydrogen-bond acceptors (Lipinski definition) is 2. The van der Waals surface area contributed by atoms with Gasteiger partial charge in [-0.05, 0) is 25.0 Å². The Labute approximate surface area is 79.4 Å². The molecule has 1 atom stereocenters. The first-order valence-electron chi connectivity index (χ1n) is 4.83. The van der Waals surface area contributed by atoms with E-state index in [0.29, 0.717) is 6.04 Å². The Morgan fingerprint density at radius 3 is 3.08 bits per heavy atom. The first-order valence-corrected chi connectivity index (χ1v) is 4.83. The van der Waals surface area contributed by atoms with E-state index in [-0.39, 0.29) is 0 Å². The van der Waals surface area contributed by atoms with Crippen LogP contribution in [0.15, 0.2) is 18.2 Å². The first kappa shape index (κ1) is 8.57. The molecule has 1 aromatic carbocycles. The molecule has 2 rings (SSSR count). The molecule has 2 nitrogen and oxygen atoms in total. The van der Waals surface area contributed by atoms with Crippen molar-refractivity contribution in [2.45, 2.75) is 26.4 Å². The summed E-state index contributed by atoms with van der Waals surface area (Å²) in [6.07, 6.45) is 0. The molecule has 2 N–H and O–H groups in total. The average Bonchev–Trinajstić information content (AvgIpc) is 2.30. The highest BCUT2D eigenvalue weighted by Gasteiger charge is 2.11. The maximum atomic E-state index is 3.48. The molecule has 0 aliphatic carbocycles. The summed E-state index contributed by atoms with van der Waals surface area (Å²) in [6, 6.07) is 7.00. The molecule has 70 valence electrons. The third-order valence-electron chi connectivity index (χ3n) is 2.59. The Kier molecular flexibility index (Phi) is 2.23. The summed E-state index contributed by atoms with van der Waals surface area (Å²) in [7, 11) is 0. The minimum atomic E-state index is 0.548. The molecule has 0 amide bonds. The van der Waals surface area contributed by atoms with Gasteiger partial charge in [0.1, 0.15) is 0 Å². The zero-order valence-corrected chi connectivity index (χ0v) is 8.22. The molecular formula is C11H16N2. The minimum Gasteiger partial charge on any atom is -0.383 e. The van der Waals surface area contributed by atoms with Crippen LogP contribution in [0.25, 0.3) is 0 Å². The number of rotatable bonds is 0. The summed E-state index contributed by atoms with van der Waals surface area (Å²) in [5.74, 6) is 0. The van der Waals surface area contributed by atoms with Crippen molar-refractivity contribution in [1.82, 2.24) is 5.32 Å². The normalized spacial score (nSPS) is 21.5. The molecule has 1 aliphatic heterocycles. The maximum Gasteiger partial charge on any atom is 0.0416 e. The van der Waals surface area contributed by atoms with E-state index in [1.54, 1.807) is 0 Å². The van der Waals surface area contributed by atoms with E-state index in [0.717, 1.165) is 13.1 Å². The second-order valence-electron chi connectivity index (χ2n) is 3.77. The lowest BCUT2D eigenvalue weighted by molar-refractivity contribution is 0.581. The van der Waals surface area contributed by atoms with E-state index >= 15 is 0 Å². The predicted octanol–water partition coefficient (Wildman–Crippen LogP) is 1.90. The van der Waals surface area contributed by atoms with Crippen LogP contribution in [-0.2, 0) is 6.54 Å². The lowest BCUT2D eigenvalue weighted by Gasteiger charge is -2.10. The van der Waals surface area contributed by atoms with Crippen LogP contribution in [0.1, 0.15) is 18.1 Å². The second-order valence-corrected chi connectivity index (χ2v) is 3.77. The number of nitrogens with one attached hydrogen (secondary N) is 2. The Hall–Kier alpha value is -1.02. The zero-order valence-electron chi connectivity index (χ0n) is 8.22. The molecule has 0 spiro atoms. The first-order chi connectivity index (χ1) is 6.27. The molecule has 1 unspecified atom stereocenters. The van der Waals surface area contributed by atoms with Gasteiger partial charge in [0.2, 0.25) is 0 Å². The van der Waals surface area contributed by atoms with Gasteiger partial charge in [-0.3, -0.25) is 0 Å². The van der Waals surface area contributed by atoms with Crippen molar-refractivity contribution in [3.8, 4) is 0 Å². The lowest BCUT2D eigenvalue weighted by atomic mass is 10.1. The van der Waals surface area contributed by atoms with Crippen molar-refractivity contribution >= 4 is 5.69 Å². The summed E-state index contributed by atoms with van der Waals surface area (Å²) in [4.78, 5) is 0. The molecule has 1 heterocycles. The van der Waals surface area contributed by atoms with Crippen LogP contribution in [0.3, 0.4) is 0 Å².